The third kappa shape index (κ3) is 3.64. The summed E-state index contributed by atoms with van der Waals surface area (Å²) >= 11 is 0. The van der Waals surface area contributed by atoms with Gasteiger partial charge in [0.05, 0.1) is 0 Å². The minimum atomic E-state index is -0.435. The maximum absolute atomic E-state index is 11.4. The molecule has 4 heteroatoms. The van der Waals surface area contributed by atoms with Crippen molar-refractivity contribution in [2.45, 2.75) is 38.9 Å². The van der Waals surface area contributed by atoms with Gasteiger partial charge >= 0.3 is 5.97 Å². The third-order valence-corrected chi connectivity index (χ3v) is 2.32. The molecule has 0 aromatic carbocycles. The van der Waals surface area contributed by atoms with Crippen LogP contribution in [-0.4, -0.2) is 37.9 Å². The molecule has 0 bridgehead atoms. The molecule has 1 rings (SSSR count). The Balaban J connectivity index is 2.24. The van der Waals surface area contributed by atoms with Crippen LogP contribution in [0.4, 0.5) is 0 Å². The van der Waals surface area contributed by atoms with Crippen LogP contribution in [0.15, 0.2) is 0 Å². The fourth-order valence-electron chi connectivity index (χ4n) is 1.49. The molecule has 0 spiro atoms. The minimum absolute atomic E-state index is 0.0756. The van der Waals surface area contributed by atoms with Crippen LogP contribution in [0.1, 0.15) is 26.7 Å². The van der Waals surface area contributed by atoms with E-state index in [1.165, 1.54) is 0 Å². The standard InChI is InChI=1S/C10H19NO3/c1-3-13-8(2)10(12)14-9-4-6-11-7-5-9/h8-9,11H,3-7H2,1-2H3. The number of piperidine rings is 1. The second-order valence-electron chi connectivity index (χ2n) is 3.48. The van der Waals surface area contributed by atoms with Crippen molar-refractivity contribution in [3.63, 3.8) is 0 Å². The third-order valence-electron chi connectivity index (χ3n) is 2.32. The summed E-state index contributed by atoms with van der Waals surface area (Å²) in [5.74, 6) is -0.237. The monoisotopic (exact) mass is 201 g/mol. The number of carbonyl (C=O) groups is 1. The second-order valence-corrected chi connectivity index (χ2v) is 3.48. The first-order valence-electron chi connectivity index (χ1n) is 5.27. The molecule has 0 aromatic heterocycles. The highest BCUT2D eigenvalue weighted by Crippen LogP contribution is 2.09. The van der Waals surface area contributed by atoms with Crippen molar-refractivity contribution in [1.29, 1.82) is 0 Å². The molecule has 0 radical (unpaired) electrons. The number of hydrogen-bond acceptors (Lipinski definition) is 4. The Kier molecular flexibility index (Phi) is 4.90. The van der Waals surface area contributed by atoms with Gasteiger partial charge in [0, 0.05) is 6.61 Å². The second kappa shape index (κ2) is 5.98. The van der Waals surface area contributed by atoms with Crippen LogP contribution in [-0.2, 0) is 14.3 Å². The minimum Gasteiger partial charge on any atom is -0.460 e. The quantitative estimate of drug-likeness (QED) is 0.680. The van der Waals surface area contributed by atoms with Crippen molar-refractivity contribution in [1.82, 2.24) is 5.32 Å². The first kappa shape index (κ1) is 11.5. The van der Waals surface area contributed by atoms with Gasteiger partial charge < -0.3 is 14.8 Å². The lowest BCUT2D eigenvalue weighted by Gasteiger charge is -2.24. The molecule has 1 N–H and O–H groups in total. The lowest BCUT2D eigenvalue weighted by molar-refractivity contribution is -0.162. The van der Waals surface area contributed by atoms with Crippen LogP contribution >= 0.6 is 0 Å². The number of rotatable bonds is 4. The van der Waals surface area contributed by atoms with Crippen molar-refractivity contribution in [2.24, 2.45) is 0 Å². The van der Waals surface area contributed by atoms with Gasteiger partial charge in [-0.25, -0.2) is 4.79 Å². The topological polar surface area (TPSA) is 47.6 Å². The lowest BCUT2D eigenvalue weighted by atomic mass is 10.1. The van der Waals surface area contributed by atoms with Crippen LogP contribution in [0.5, 0.6) is 0 Å². The lowest BCUT2D eigenvalue weighted by Crippen LogP contribution is -2.36. The normalized spacial score (nSPS) is 20.4. The van der Waals surface area contributed by atoms with E-state index in [2.05, 4.69) is 5.32 Å². The van der Waals surface area contributed by atoms with Gasteiger partial charge in [0.2, 0.25) is 0 Å². The van der Waals surface area contributed by atoms with E-state index in [0.717, 1.165) is 25.9 Å². The highest BCUT2D eigenvalue weighted by atomic mass is 16.6. The van der Waals surface area contributed by atoms with Crippen molar-refractivity contribution in [3.05, 3.63) is 0 Å². The molecule has 1 unspecified atom stereocenters. The van der Waals surface area contributed by atoms with Crippen molar-refractivity contribution in [2.75, 3.05) is 19.7 Å². The van der Waals surface area contributed by atoms with Gasteiger partial charge in [0.15, 0.2) is 6.10 Å². The largest absolute Gasteiger partial charge is 0.460 e. The number of hydrogen-bond donors (Lipinski definition) is 1. The molecule has 1 aliphatic rings. The summed E-state index contributed by atoms with van der Waals surface area (Å²) in [5.41, 5.74) is 0. The van der Waals surface area contributed by atoms with Gasteiger partial charge in [-0.1, -0.05) is 0 Å². The van der Waals surface area contributed by atoms with Gasteiger partial charge in [-0.05, 0) is 39.8 Å². The summed E-state index contributed by atoms with van der Waals surface area (Å²) in [5, 5.41) is 3.22. The van der Waals surface area contributed by atoms with Crippen LogP contribution < -0.4 is 5.32 Å². The Morgan fingerprint density at radius 1 is 1.50 bits per heavy atom. The average Bonchev–Trinajstić information content (AvgIpc) is 2.19. The first-order valence-corrected chi connectivity index (χ1v) is 5.27. The first-order chi connectivity index (χ1) is 6.74. The van der Waals surface area contributed by atoms with Crippen molar-refractivity contribution < 1.29 is 14.3 Å². The number of esters is 1. The van der Waals surface area contributed by atoms with Crippen LogP contribution in [0.25, 0.3) is 0 Å². The predicted molar refractivity (Wildman–Crippen MR) is 53.1 cm³/mol. The Bertz CT molecular complexity index is 178. The van der Waals surface area contributed by atoms with E-state index in [4.69, 9.17) is 9.47 Å². The van der Waals surface area contributed by atoms with E-state index in [9.17, 15) is 4.79 Å². The molecular formula is C10H19NO3. The van der Waals surface area contributed by atoms with Gasteiger partial charge in [-0.3, -0.25) is 0 Å². The molecule has 1 fully saturated rings. The van der Waals surface area contributed by atoms with Crippen LogP contribution in [0, 0.1) is 0 Å². The zero-order valence-corrected chi connectivity index (χ0v) is 8.91. The molecule has 0 aliphatic carbocycles. The maximum Gasteiger partial charge on any atom is 0.335 e. The van der Waals surface area contributed by atoms with Crippen molar-refractivity contribution >= 4 is 5.97 Å². The molecule has 0 saturated carbocycles. The van der Waals surface area contributed by atoms with Gasteiger partial charge in [-0.15, -0.1) is 0 Å². The summed E-state index contributed by atoms with van der Waals surface area (Å²) in [6.07, 6.45) is 1.45. The van der Waals surface area contributed by atoms with E-state index in [-0.39, 0.29) is 12.1 Å². The molecule has 1 aliphatic heterocycles. The van der Waals surface area contributed by atoms with E-state index >= 15 is 0 Å². The zero-order valence-electron chi connectivity index (χ0n) is 8.91. The summed E-state index contributed by atoms with van der Waals surface area (Å²) in [4.78, 5) is 11.4. The highest BCUT2D eigenvalue weighted by Gasteiger charge is 2.21. The van der Waals surface area contributed by atoms with E-state index in [0.29, 0.717) is 6.61 Å². The molecule has 1 heterocycles. The van der Waals surface area contributed by atoms with Gasteiger partial charge in [0.25, 0.3) is 0 Å². The summed E-state index contributed by atoms with van der Waals surface area (Å²) in [7, 11) is 0. The Labute approximate surface area is 85.0 Å². The number of carbonyl (C=O) groups excluding carboxylic acids is 1. The molecule has 1 atom stereocenters. The molecule has 0 amide bonds. The molecule has 0 aromatic rings. The Morgan fingerprint density at radius 2 is 2.14 bits per heavy atom. The molecular weight excluding hydrogens is 182 g/mol. The van der Waals surface area contributed by atoms with E-state index in [1.54, 1.807) is 6.92 Å². The SMILES string of the molecule is CCOC(C)C(=O)OC1CCNCC1. The number of ether oxygens (including phenoxy) is 2. The Hall–Kier alpha value is -0.610. The molecule has 4 nitrogen and oxygen atoms in total. The van der Waals surface area contributed by atoms with Crippen LogP contribution in [0.3, 0.4) is 0 Å². The molecule has 82 valence electrons. The summed E-state index contributed by atoms with van der Waals surface area (Å²) < 4.78 is 10.5. The van der Waals surface area contributed by atoms with E-state index < -0.39 is 6.10 Å². The Morgan fingerprint density at radius 3 is 2.71 bits per heavy atom. The fourth-order valence-corrected chi connectivity index (χ4v) is 1.49. The smallest absolute Gasteiger partial charge is 0.335 e. The van der Waals surface area contributed by atoms with Crippen LogP contribution in [0.2, 0.25) is 0 Å². The predicted octanol–water partition coefficient (Wildman–Crippen LogP) is 0.707. The van der Waals surface area contributed by atoms with Gasteiger partial charge in [0.1, 0.15) is 6.10 Å². The van der Waals surface area contributed by atoms with Crippen molar-refractivity contribution in [3.8, 4) is 0 Å². The summed E-state index contributed by atoms with van der Waals surface area (Å²) in [6.45, 7) is 6.01. The van der Waals surface area contributed by atoms with E-state index in [1.807, 2.05) is 6.92 Å². The molecule has 1 saturated heterocycles. The molecule has 14 heavy (non-hydrogen) atoms. The van der Waals surface area contributed by atoms with Gasteiger partial charge in [-0.2, -0.15) is 0 Å². The average molecular weight is 201 g/mol. The summed E-state index contributed by atoms with van der Waals surface area (Å²) in [6, 6.07) is 0. The maximum atomic E-state index is 11.4. The highest BCUT2D eigenvalue weighted by molar-refractivity contribution is 5.74. The number of nitrogens with one attached hydrogen (secondary N) is 1. The fraction of sp³-hybridized carbons (Fsp3) is 0.900. The zero-order chi connectivity index (χ0) is 10.4.